The maximum atomic E-state index is 13.9. The molecular formula is C13H19FN4. The fraction of sp³-hybridized carbons (Fsp3) is 0.385. The third-order valence-electron chi connectivity index (χ3n) is 2.58. The van der Waals surface area contributed by atoms with E-state index in [-0.39, 0.29) is 11.9 Å². The first-order valence-corrected chi connectivity index (χ1v) is 5.73. The summed E-state index contributed by atoms with van der Waals surface area (Å²) < 4.78 is 15.9. The molecule has 1 aromatic rings. The predicted molar refractivity (Wildman–Crippen MR) is 72.9 cm³/mol. The fourth-order valence-electron chi connectivity index (χ4n) is 1.74. The van der Waals surface area contributed by atoms with Crippen LogP contribution in [-0.2, 0) is 0 Å². The molecule has 0 bridgehead atoms. The van der Waals surface area contributed by atoms with Crippen LogP contribution in [0.3, 0.4) is 0 Å². The van der Waals surface area contributed by atoms with E-state index >= 15 is 0 Å². The molecule has 0 aromatic carbocycles. The molecule has 0 saturated carbocycles. The van der Waals surface area contributed by atoms with Crippen molar-refractivity contribution < 1.29 is 4.39 Å². The molecule has 2 N–H and O–H groups in total. The molecule has 0 saturated heterocycles. The first-order valence-electron chi connectivity index (χ1n) is 5.73. The molecule has 0 aliphatic heterocycles. The Bertz CT molecular complexity index is 509. The zero-order valence-corrected chi connectivity index (χ0v) is 11.2. The molecule has 0 aliphatic carbocycles. The van der Waals surface area contributed by atoms with Gasteiger partial charge in [-0.2, -0.15) is 0 Å². The average Bonchev–Trinajstić information content (AvgIpc) is 2.66. The van der Waals surface area contributed by atoms with E-state index in [2.05, 4.69) is 16.6 Å². The number of aromatic nitrogens is 2. The molecule has 5 heteroatoms. The molecular weight excluding hydrogens is 231 g/mol. The summed E-state index contributed by atoms with van der Waals surface area (Å²) in [7, 11) is 0. The summed E-state index contributed by atoms with van der Waals surface area (Å²) in [4.78, 5) is 7.86. The zero-order chi connectivity index (χ0) is 13.9. The van der Waals surface area contributed by atoms with Gasteiger partial charge in [0.15, 0.2) is 0 Å². The quantitative estimate of drug-likeness (QED) is 0.835. The van der Waals surface area contributed by atoms with Gasteiger partial charge in [0.05, 0.1) is 18.1 Å². The Morgan fingerprint density at radius 3 is 2.72 bits per heavy atom. The molecule has 0 atom stereocenters. The molecule has 1 aromatic heterocycles. The molecule has 0 spiro atoms. The van der Waals surface area contributed by atoms with Crippen LogP contribution < -0.4 is 5.73 Å². The molecule has 0 radical (unpaired) electrons. The van der Waals surface area contributed by atoms with Crippen LogP contribution in [0.5, 0.6) is 0 Å². The van der Waals surface area contributed by atoms with Crippen molar-refractivity contribution in [3.05, 3.63) is 35.9 Å². The second-order valence-electron chi connectivity index (χ2n) is 4.38. The van der Waals surface area contributed by atoms with Crippen LogP contribution in [0.1, 0.15) is 38.3 Å². The summed E-state index contributed by atoms with van der Waals surface area (Å²) in [6.45, 7) is 11.0. The van der Waals surface area contributed by atoms with Gasteiger partial charge in [-0.15, -0.1) is 0 Å². The van der Waals surface area contributed by atoms with Crippen molar-refractivity contribution in [2.75, 3.05) is 0 Å². The Morgan fingerprint density at radius 1 is 1.61 bits per heavy atom. The van der Waals surface area contributed by atoms with Crippen molar-refractivity contribution in [3.8, 4) is 0 Å². The number of halogens is 1. The van der Waals surface area contributed by atoms with E-state index in [9.17, 15) is 4.39 Å². The van der Waals surface area contributed by atoms with Crippen molar-refractivity contribution in [1.82, 2.24) is 9.55 Å². The molecule has 18 heavy (non-hydrogen) atoms. The normalized spacial score (nSPS) is 13.2. The first-order chi connectivity index (χ1) is 8.34. The smallest absolute Gasteiger partial charge is 0.146 e. The van der Waals surface area contributed by atoms with Crippen LogP contribution in [0.15, 0.2) is 29.4 Å². The number of aliphatic imine (C=N–C) groups is 1. The lowest BCUT2D eigenvalue weighted by Gasteiger charge is -2.14. The summed E-state index contributed by atoms with van der Waals surface area (Å²) in [5.41, 5.74) is 6.49. The van der Waals surface area contributed by atoms with E-state index in [0.717, 1.165) is 17.7 Å². The summed E-state index contributed by atoms with van der Waals surface area (Å²) in [5, 5.41) is 0. The Kier molecular flexibility index (Phi) is 4.42. The van der Waals surface area contributed by atoms with Gasteiger partial charge in [0.1, 0.15) is 17.5 Å². The highest BCUT2D eigenvalue weighted by Crippen LogP contribution is 2.23. The van der Waals surface area contributed by atoms with Gasteiger partial charge in [0.2, 0.25) is 0 Å². The van der Waals surface area contributed by atoms with E-state index in [1.165, 1.54) is 0 Å². The van der Waals surface area contributed by atoms with Gasteiger partial charge < -0.3 is 10.3 Å². The first kappa shape index (κ1) is 14.2. The third-order valence-corrected chi connectivity index (χ3v) is 2.58. The predicted octanol–water partition coefficient (Wildman–Crippen LogP) is 2.97. The zero-order valence-electron chi connectivity index (χ0n) is 11.2. The number of imidazole rings is 1. The van der Waals surface area contributed by atoms with Crippen LogP contribution in [-0.4, -0.2) is 15.8 Å². The molecule has 0 unspecified atom stereocenters. The van der Waals surface area contributed by atoms with Crippen molar-refractivity contribution >= 4 is 11.8 Å². The minimum Gasteiger partial charge on any atom is -0.384 e. The van der Waals surface area contributed by atoms with Crippen LogP contribution in [0.2, 0.25) is 0 Å². The van der Waals surface area contributed by atoms with Gasteiger partial charge in [-0.3, -0.25) is 0 Å². The van der Waals surface area contributed by atoms with E-state index in [4.69, 9.17) is 5.73 Å². The van der Waals surface area contributed by atoms with E-state index in [1.54, 1.807) is 13.1 Å². The number of rotatable bonds is 4. The maximum absolute atomic E-state index is 13.9. The summed E-state index contributed by atoms with van der Waals surface area (Å²) in [5.74, 6) is 0.488. The van der Waals surface area contributed by atoms with Crippen molar-refractivity contribution in [2.45, 2.75) is 33.7 Å². The van der Waals surface area contributed by atoms with Crippen LogP contribution in [0, 0.1) is 6.92 Å². The second kappa shape index (κ2) is 5.62. The Morgan fingerprint density at radius 2 is 2.22 bits per heavy atom. The molecule has 98 valence electrons. The number of nitrogens with zero attached hydrogens (tertiary/aromatic N) is 3. The van der Waals surface area contributed by atoms with Crippen molar-refractivity contribution in [2.24, 2.45) is 10.7 Å². The Hall–Kier alpha value is -1.91. The molecule has 0 aliphatic rings. The van der Waals surface area contributed by atoms with E-state index in [0.29, 0.717) is 5.57 Å². The lowest BCUT2D eigenvalue weighted by Crippen LogP contribution is -2.07. The standard InChI is InChI=1S/C13H19FN4/c1-8(2)18-11(5)17-7-13(18)9(3)12(14)6-16-10(4)15/h6-8H,4,15H2,1-3,5H3/b12-9-,16-6-. The SMILES string of the molecule is C=C(N)/N=C\C(F)=C(/C)c1cnc(C)n1C(C)C. The minimum absolute atomic E-state index is 0.0755. The highest BCUT2D eigenvalue weighted by molar-refractivity contribution is 5.87. The minimum atomic E-state index is -0.441. The number of aryl methyl sites for hydroxylation is 1. The Balaban J connectivity index is 3.21. The molecule has 0 fully saturated rings. The molecule has 4 nitrogen and oxygen atoms in total. The highest BCUT2D eigenvalue weighted by atomic mass is 19.1. The average molecular weight is 250 g/mol. The van der Waals surface area contributed by atoms with Gasteiger partial charge in [-0.1, -0.05) is 6.58 Å². The maximum Gasteiger partial charge on any atom is 0.146 e. The monoisotopic (exact) mass is 250 g/mol. The summed E-state index contributed by atoms with van der Waals surface area (Å²) >= 11 is 0. The number of hydrogen-bond donors (Lipinski definition) is 1. The number of allylic oxidation sites excluding steroid dienone is 2. The van der Waals surface area contributed by atoms with Gasteiger partial charge in [0, 0.05) is 11.6 Å². The van der Waals surface area contributed by atoms with Crippen LogP contribution in [0.25, 0.3) is 5.57 Å². The largest absolute Gasteiger partial charge is 0.384 e. The van der Waals surface area contributed by atoms with E-state index < -0.39 is 5.83 Å². The lowest BCUT2D eigenvalue weighted by atomic mass is 10.2. The molecule has 0 amide bonds. The summed E-state index contributed by atoms with van der Waals surface area (Å²) in [6.07, 6.45) is 2.74. The van der Waals surface area contributed by atoms with Crippen molar-refractivity contribution in [1.29, 1.82) is 0 Å². The van der Waals surface area contributed by atoms with E-state index in [1.807, 2.05) is 25.3 Å². The summed E-state index contributed by atoms with van der Waals surface area (Å²) in [6, 6.07) is 0.215. The Labute approximate surface area is 107 Å². The van der Waals surface area contributed by atoms with Gasteiger partial charge in [0.25, 0.3) is 0 Å². The van der Waals surface area contributed by atoms with Crippen molar-refractivity contribution in [3.63, 3.8) is 0 Å². The van der Waals surface area contributed by atoms with Crippen LogP contribution in [0.4, 0.5) is 4.39 Å². The van der Waals surface area contributed by atoms with Gasteiger partial charge >= 0.3 is 0 Å². The topological polar surface area (TPSA) is 56.2 Å². The lowest BCUT2D eigenvalue weighted by molar-refractivity contribution is 0.575. The van der Waals surface area contributed by atoms with Crippen LogP contribution >= 0.6 is 0 Å². The van der Waals surface area contributed by atoms with Gasteiger partial charge in [-0.25, -0.2) is 14.4 Å². The van der Waals surface area contributed by atoms with Gasteiger partial charge in [-0.05, 0) is 27.7 Å². The second-order valence-corrected chi connectivity index (χ2v) is 4.38. The fourth-order valence-corrected chi connectivity index (χ4v) is 1.74. The highest BCUT2D eigenvalue weighted by Gasteiger charge is 2.13. The number of hydrogen-bond acceptors (Lipinski definition) is 3. The molecule has 1 heterocycles. The third kappa shape index (κ3) is 3.06. The number of nitrogens with two attached hydrogens (primary N) is 1. The molecule has 1 rings (SSSR count).